The summed E-state index contributed by atoms with van der Waals surface area (Å²) < 4.78 is 7.59. The molecule has 3 aromatic rings. The van der Waals surface area contributed by atoms with Crippen molar-refractivity contribution in [1.29, 1.82) is 0 Å². The highest BCUT2D eigenvalue weighted by Gasteiger charge is 2.37. The van der Waals surface area contributed by atoms with Gasteiger partial charge in [-0.15, -0.1) is 15.3 Å². The van der Waals surface area contributed by atoms with Gasteiger partial charge in [0.25, 0.3) is 0 Å². The summed E-state index contributed by atoms with van der Waals surface area (Å²) in [6.07, 6.45) is 3.35. The number of hydrogen-bond acceptors (Lipinski definition) is 7. The lowest BCUT2D eigenvalue weighted by Crippen LogP contribution is -2.56. The average molecular weight is 384 g/mol. The molecule has 140 valence electrons. The predicted octanol–water partition coefficient (Wildman–Crippen LogP) is 2.09. The summed E-state index contributed by atoms with van der Waals surface area (Å²) in [5, 5.41) is 23.8. The molecule has 2 aliphatic heterocycles. The van der Waals surface area contributed by atoms with Crippen LogP contribution in [0.1, 0.15) is 25.7 Å². The highest BCUT2D eigenvalue weighted by molar-refractivity contribution is 7.08. The molecule has 2 aliphatic rings. The number of nitrogens with zero attached hydrogens (tertiary/aromatic N) is 4. The van der Waals surface area contributed by atoms with Crippen molar-refractivity contribution in [3.8, 4) is 11.4 Å². The molecule has 0 aromatic carbocycles. The van der Waals surface area contributed by atoms with E-state index in [9.17, 15) is 4.79 Å². The number of rotatable bonds is 4. The van der Waals surface area contributed by atoms with Crippen LogP contribution in [0.4, 0.5) is 5.82 Å². The standard InChI is InChI=1S/C18H20N6O2S/c25-16-6-3-12(17(20-16)13-2-1-8-26-13)19-14-4-5-15-21-22-18(24(15)23-14)11-7-9-27-10-11/h4-5,7,9-10,12-13,17H,1-3,6,8H2,(H,19,23)(H,20,25). The van der Waals surface area contributed by atoms with E-state index >= 15 is 0 Å². The molecule has 2 saturated heterocycles. The van der Waals surface area contributed by atoms with Crippen molar-refractivity contribution in [2.24, 2.45) is 0 Å². The van der Waals surface area contributed by atoms with Crippen LogP contribution >= 0.6 is 11.3 Å². The second kappa shape index (κ2) is 6.90. The van der Waals surface area contributed by atoms with Gasteiger partial charge in [0, 0.05) is 24.0 Å². The van der Waals surface area contributed by atoms with Crippen LogP contribution in [0.2, 0.25) is 0 Å². The van der Waals surface area contributed by atoms with Crippen LogP contribution < -0.4 is 10.6 Å². The fourth-order valence-corrected chi connectivity index (χ4v) is 4.49. The number of amides is 1. The van der Waals surface area contributed by atoms with Crippen LogP contribution in [-0.4, -0.2) is 50.5 Å². The van der Waals surface area contributed by atoms with Crippen LogP contribution in [0.5, 0.6) is 0 Å². The lowest BCUT2D eigenvalue weighted by Gasteiger charge is -2.36. The summed E-state index contributed by atoms with van der Waals surface area (Å²) in [7, 11) is 0. The van der Waals surface area contributed by atoms with Gasteiger partial charge in [-0.3, -0.25) is 4.79 Å². The molecule has 0 saturated carbocycles. The average Bonchev–Trinajstić information content (AvgIpc) is 3.44. The second-order valence-corrected chi connectivity index (χ2v) is 7.74. The molecule has 0 bridgehead atoms. The Morgan fingerprint density at radius 2 is 2.22 bits per heavy atom. The molecular formula is C18H20N6O2S. The zero-order valence-corrected chi connectivity index (χ0v) is 15.5. The first kappa shape index (κ1) is 16.6. The summed E-state index contributed by atoms with van der Waals surface area (Å²) in [6, 6.07) is 5.86. The van der Waals surface area contributed by atoms with Gasteiger partial charge in [0.1, 0.15) is 5.82 Å². The van der Waals surface area contributed by atoms with Crippen LogP contribution in [-0.2, 0) is 9.53 Å². The number of nitrogens with one attached hydrogen (secondary N) is 2. The van der Waals surface area contributed by atoms with Crippen LogP contribution in [0, 0.1) is 0 Å². The smallest absolute Gasteiger partial charge is 0.220 e. The van der Waals surface area contributed by atoms with Gasteiger partial charge in [-0.2, -0.15) is 15.9 Å². The number of piperidine rings is 1. The Balaban J connectivity index is 1.43. The quantitative estimate of drug-likeness (QED) is 0.715. The Bertz CT molecular complexity index is 950. The van der Waals surface area contributed by atoms with Gasteiger partial charge < -0.3 is 15.4 Å². The molecule has 3 aromatic heterocycles. The van der Waals surface area contributed by atoms with Crippen LogP contribution in [0.15, 0.2) is 29.0 Å². The molecule has 2 fully saturated rings. The molecule has 9 heteroatoms. The SMILES string of the molecule is O=C1CCC(Nc2ccc3nnc(-c4ccsc4)n3n2)C(C2CCCO2)N1. The Morgan fingerprint density at radius 1 is 1.26 bits per heavy atom. The minimum Gasteiger partial charge on any atom is -0.376 e. The molecule has 2 N–H and O–H groups in total. The number of carbonyl (C=O) groups is 1. The number of fused-ring (bicyclic) bond motifs is 1. The van der Waals surface area contributed by atoms with Crippen molar-refractivity contribution < 1.29 is 9.53 Å². The summed E-state index contributed by atoms with van der Waals surface area (Å²) >= 11 is 1.62. The zero-order valence-electron chi connectivity index (χ0n) is 14.7. The van der Waals surface area contributed by atoms with Crippen LogP contribution in [0.25, 0.3) is 17.0 Å². The number of ether oxygens (including phenoxy) is 1. The van der Waals surface area contributed by atoms with E-state index in [1.807, 2.05) is 29.0 Å². The lowest BCUT2D eigenvalue weighted by atomic mass is 9.92. The maximum absolute atomic E-state index is 11.9. The molecule has 0 aliphatic carbocycles. The van der Waals surface area contributed by atoms with E-state index in [1.54, 1.807) is 15.9 Å². The highest BCUT2D eigenvalue weighted by Crippen LogP contribution is 2.25. The third kappa shape index (κ3) is 3.17. The Morgan fingerprint density at radius 3 is 3.04 bits per heavy atom. The van der Waals surface area contributed by atoms with Gasteiger partial charge in [-0.25, -0.2) is 0 Å². The first-order chi connectivity index (χ1) is 13.3. The monoisotopic (exact) mass is 384 g/mol. The fraction of sp³-hybridized carbons (Fsp3) is 0.444. The predicted molar refractivity (Wildman–Crippen MR) is 102 cm³/mol. The topological polar surface area (TPSA) is 93.4 Å². The van der Waals surface area contributed by atoms with Crippen LogP contribution in [0.3, 0.4) is 0 Å². The molecule has 0 spiro atoms. The summed E-state index contributed by atoms with van der Waals surface area (Å²) in [4.78, 5) is 11.9. The number of carbonyl (C=O) groups excluding carboxylic acids is 1. The third-order valence-electron chi connectivity index (χ3n) is 5.18. The van der Waals surface area contributed by atoms with Gasteiger partial charge in [0.05, 0.1) is 18.2 Å². The molecule has 3 unspecified atom stereocenters. The Hall–Kier alpha value is -2.52. The lowest BCUT2D eigenvalue weighted by molar-refractivity contribution is -0.124. The molecule has 1 amide bonds. The molecule has 3 atom stereocenters. The van der Waals surface area contributed by atoms with Crippen molar-refractivity contribution >= 4 is 28.7 Å². The fourth-order valence-electron chi connectivity index (χ4n) is 3.85. The third-order valence-corrected chi connectivity index (χ3v) is 5.87. The van der Waals surface area contributed by atoms with Gasteiger partial charge in [-0.1, -0.05) is 0 Å². The van der Waals surface area contributed by atoms with E-state index in [0.29, 0.717) is 12.1 Å². The van der Waals surface area contributed by atoms with Crippen molar-refractivity contribution in [2.75, 3.05) is 11.9 Å². The summed E-state index contributed by atoms with van der Waals surface area (Å²) in [5.41, 5.74) is 1.70. The van der Waals surface area contributed by atoms with E-state index in [0.717, 1.165) is 43.1 Å². The second-order valence-electron chi connectivity index (χ2n) is 6.96. The number of hydrogen-bond donors (Lipinski definition) is 2. The highest BCUT2D eigenvalue weighted by atomic mass is 32.1. The van der Waals surface area contributed by atoms with Gasteiger partial charge in [0.2, 0.25) is 5.91 Å². The Labute approximate surface area is 159 Å². The van der Waals surface area contributed by atoms with Gasteiger partial charge in [0.15, 0.2) is 11.5 Å². The molecule has 0 radical (unpaired) electrons. The zero-order chi connectivity index (χ0) is 18.2. The molecule has 27 heavy (non-hydrogen) atoms. The number of aromatic nitrogens is 4. The van der Waals surface area contributed by atoms with E-state index < -0.39 is 0 Å². The normalized spacial score (nSPS) is 25.6. The van der Waals surface area contributed by atoms with E-state index in [2.05, 4.69) is 20.8 Å². The maximum Gasteiger partial charge on any atom is 0.220 e. The van der Waals surface area contributed by atoms with Crippen molar-refractivity contribution in [3.63, 3.8) is 0 Å². The minimum absolute atomic E-state index is 0.0384. The van der Waals surface area contributed by atoms with Crippen molar-refractivity contribution in [3.05, 3.63) is 29.0 Å². The first-order valence-electron chi connectivity index (χ1n) is 9.20. The minimum atomic E-state index is -0.0384. The number of anilines is 1. The number of thiophene rings is 1. The van der Waals surface area contributed by atoms with Gasteiger partial charge >= 0.3 is 0 Å². The van der Waals surface area contributed by atoms with Crippen molar-refractivity contribution in [1.82, 2.24) is 25.1 Å². The molecule has 5 rings (SSSR count). The maximum atomic E-state index is 11.9. The molecule has 5 heterocycles. The summed E-state index contributed by atoms with van der Waals surface area (Å²) in [5.74, 6) is 1.56. The molecular weight excluding hydrogens is 364 g/mol. The van der Waals surface area contributed by atoms with E-state index in [-0.39, 0.29) is 24.1 Å². The van der Waals surface area contributed by atoms with E-state index in [1.165, 1.54) is 0 Å². The van der Waals surface area contributed by atoms with Crippen molar-refractivity contribution in [2.45, 2.75) is 43.9 Å². The largest absolute Gasteiger partial charge is 0.376 e. The Kier molecular flexibility index (Phi) is 4.25. The van der Waals surface area contributed by atoms with Gasteiger partial charge in [-0.05, 0) is 42.8 Å². The summed E-state index contributed by atoms with van der Waals surface area (Å²) in [6.45, 7) is 0.763. The van der Waals surface area contributed by atoms with E-state index in [4.69, 9.17) is 9.84 Å². The first-order valence-corrected chi connectivity index (χ1v) is 10.1. The molecule has 8 nitrogen and oxygen atoms in total.